The molecule has 7 heteroatoms. The third-order valence-electron chi connectivity index (χ3n) is 6.62. The molecule has 2 aliphatic rings. The summed E-state index contributed by atoms with van der Waals surface area (Å²) >= 11 is 2.97. The molecule has 1 fully saturated rings. The lowest BCUT2D eigenvalue weighted by Gasteiger charge is -2.32. The van der Waals surface area contributed by atoms with E-state index in [1.807, 2.05) is 36.1 Å². The van der Waals surface area contributed by atoms with Gasteiger partial charge in [-0.05, 0) is 49.8 Å². The molecule has 1 saturated heterocycles. The van der Waals surface area contributed by atoms with E-state index in [0.29, 0.717) is 16.8 Å². The molecule has 2 aromatic carbocycles. The highest BCUT2D eigenvalue weighted by Crippen LogP contribution is 2.30. The number of hydrogen-bond acceptors (Lipinski definition) is 5. The molecule has 0 unspecified atom stereocenters. The van der Waals surface area contributed by atoms with Crippen molar-refractivity contribution in [1.82, 2.24) is 14.5 Å². The average Bonchev–Trinajstić information content (AvgIpc) is 3.34. The first kappa shape index (κ1) is 23.2. The molecule has 0 saturated carbocycles. The van der Waals surface area contributed by atoms with Gasteiger partial charge < -0.3 is 4.90 Å². The van der Waals surface area contributed by atoms with Crippen molar-refractivity contribution in [2.24, 2.45) is 5.92 Å². The van der Waals surface area contributed by atoms with Crippen LogP contribution in [0.5, 0.6) is 0 Å². The van der Waals surface area contributed by atoms with Crippen LogP contribution in [0.4, 0.5) is 0 Å². The van der Waals surface area contributed by atoms with Crippen LogP contribution in [0.1, 0.15) is 29.7 Å². The van der Waals surface area contributed by atoms with Crippen molar-refractivity contribution < 1.29 is 4.79 Å². The van der Waals surface area contributed by atoms with Gasteiger partial charge in [0.25, 0.3) is 5.56 Å². The van der Waals surface area contributed by atoms with E-state index in [1.54, 1.807) is 16.3 Å². The number of carbonyl (C=O) groups excluding carboxylic acids is 1. The molecule has 3 heterocycles. The highest BCUT2D eigenvalue weighted by molar-refractivity contribution is 8.00. The van der Waals surface area contributed by atoms with Crippen LogP contribution < -0.4 is 5.56 Å². The summed E-state index contributed by atoms with van der Waals surface area (Å²) in [6, 6.07) is 18.5. The number of aryl methyl sites for hydroxylation is 2. The van der Waals surface area contributed by atoms with E-state index >= 15 is 0 Å². The first-order chi connectivity index (χ1) is 16.6. The maximum Gasteiger partial charge on any atom is 0.272 e. The van der Waals surface area contributed by atoms with Crippen LogP contribution in [0.3, 0.4) is 0 Å². The first-order valence-corrected chi connectivity index (χ1v) is 13.9. The van der Waals surface area contributed by atoms with Crippen molar-refractivity contribution in [2.45, 2.75) is 42.7 Å². The zero-order chi connectivity index (χ0) is 23.5. The van der Waals surface area contributed by atoms with E-state index in [9.17, 15) is 9.59 Å². The summed E-state index contributed by atoms with van der Waals surface area (Å²) in [5.74, 6) is 1.94. The Bertz CT molecular complexity index is 1220. The van der Waals surface area contributed by atoms with Gasteiger partial charge in [0.05, 0.1) is 22.0 Å². The Balaban J connectivity index is 1.26. The summed E-state index contributed by atoms with van der Waals surface area (Å²) in [6.45, 7) is 3.63. The molecule has 2 aliphatic heterocycles. The number of carbonyl (C=O) groups is 1. The number of piperidine rings is 1. The lowest BCUT2D eigenvalue weighted by molar-refractivity contribution is -0.129. The molecule has 5 rings (SSSR count). The molecule has 0 radical (unpaired) electrons. The topological polar surface area (TPSA) is 55.2 Å². The average molecular weight is 492 g/mol. The lowest BCUT2D eigenvalue weighted by atomic mass is 9.90. The smallest absolute Gasteiger partial charge is 0.272 e. The molecule has 0 spiro atoms. The predicted molar refractivity (Wildman–Crippen MR) is 139 cm³/mol. The summed E-state index contributed by atoms with van der Waals surface area (Å²) in [5, 5.41) is 0.613. The largest absolute Gasteiger partial charge is 0.342 e. The Kier molecular flexibility index (Phi) is 7.11. The van der Waals surface area contributed by atoms with Crippen LogP contribution in [0.2, 0.25) is 0 Å². The van der Waals surface area contributed by atoms with Gasteiger partial charge in [0, 0.05) is 25.3 Å². The monoisotopic (exact) mass is 491 g/mol. The molecule has 34 heavy (non-hydrogen) atoms. The van der Waals surface area contributed by atoms with E-state index in [4.69, 9.17) is 4.98 Å². The Labute approximate surface area is 209 Å². The van der Waals surface area contributed by atoms with E-state index in [0.717, 1.165) is 66.4 Å². The minimum atomic E-state index is -0.0203. The van der Waals surface area contributed by atoms with Crippen LogP contribution in [0.25, 0.3) is 5.69 Å². The highest BCUT2D eigenvalue weighted by Gasteiger charge is 2.26. The molecule has 0 aliphatic carbocycles. The second-order valence-electron chi connectivity index (χ2n) is 9.05. The van der Waals surface area contributed by atoms with Gasteiger partial charge in [-0.2, -0.15) is 0 Å². The van der Waals surface area contributed by atoms with Crippen LogP contribution in [-0.4, -0.2) is 45.0 Å². The normalized spacial score (nSPS) is 16.0. The van der Waals surface area contributed by atoms with Gasteiger partial charge in [0.2, 0.25) is 5.91 Å². The lowest BCUT2D eigenvalue weighted by Crippen LogP contribution is -2.40. The summed E-state index contributed by atoms with van der Waals surface area (Å²) < 4.78 is 1.68. The molecule has 0 bridgehead atoms. The minimum absolute atomic E-state index is 0.0203. The number of fused-ring (bicyclic) bond motifs is 1. The van der Waals surface area contributed by atoms with Crippen LogP contribution in [0.15, 0.2) is 69.4 Å². The zero-order valence-electron chi connectivity index (χ0n) is 19.4. The highest BCUT2D eigenvalue weighted by atomic mass is 32.2. The second-order valence-corrected chi connectivity index (χ2v) is 11.1. The number of hydrogen-bond donors (Lipinski definition) is 0. The Hall–Kier alpha value is -2.51. The Morgan fingerprint density at radius 3 is 2.56 bits per heavy atom. The van der Waals surface area contributed by atoms with Gasteiger partial charge >= 0.3 is 0 Å². The number of thioether (sulfide) groups is 2. The van der Waals surface area contributed by atoms with Gasteiger partial charge in [-0.25, -0.2) is 4.98 Å². The maximum atomic E-state index is 13.3. The van der Waals surface area contributed by atoms with E-state index < -0.39 is 0 Å². The predicted octanol–water partition coefficient (Wildman–Crippen LogP) is 4.76. The van der Waals surface area contributed by atoms with Crippen molar-refractivity contribution >= 4 is 29.4 Å². The molecule has 0 atom stereocenters. The summed E-state index contributed by atoms with van der Waals surface area (Å²) in [4.78, 5) is 33.9. The number of nitrogens with zero attached hydrogens (tertiary/aromatic N) is 3. The fourth-order valence-electron chi connectivity index (χ4n) is 4.66. The second kappa shape index (κ2) is 10.4. The standard InChI is InChI=1S/C27H29N3O2S2/c1-19-7-9-22(10-8-19)30-26(32)25-23(13-16-33-25)28-27(30)34-18-24(31)29-14-11-21(12-15-29)17-20-5-3-2-4-6-20/h2-10,21H,11-18H2,1H3. The molecule has 176 valence electrons. The number of likely N-dealkylation sites (tertiary alicyclic amines) is 1. The van der Waals surface area contributed by atoms with Crippen molar-refractivity contribution in [1.29, 1.82) is 0 Å². The molecule has 0 N–H and O–H groups in total. The maximum absolute atomic E-state index is 13.3. The van der Waals surface area contributed by atoms with Gasteiger partial charge in [-0.1, -0.05) is 59.8 Å². The first-order valence-electron chi connectivity index (χ1n) is 11.9. The van der Waals surface area contributed by atoms with Crippen molar-refractivity contribution in [2.75, 3.05) is 24.6 Å². The third kappa shape index (κ3) is 5.10. The SMILES string of the molecule is Cc1ccc(-n2c(SCC(=O)N3CCC(Cc4ccccc4)CC3)nc3c(c2=O)SCC3)cc1. The fourth-order valence-corrected chi connectivity index (χ4v) is 6.62. The van der Waals surface area contributed by atoms with Crippen molar-refractivity contribution in [3.8, 4) is 5.69 Å². The molecule has 1 aromatic heterocycles. The van der Waals surface area contributed by atoms with Crippen LogP contribution >= 0.6 is 23.5 Å². The van der Waals surface area contributed by atoms with E-state index in [-0.39, 0.29) is 11.5 Å². The number of benzene rings is 2. The van der Waals surface area contributed by atoms with Gasteiger partial charge in [-0.15, -0.1) is 11.8 Å². The Morgan fingerprint density at radius 2 is 1.82 bits per heavy atom. The van der Waals surface area contributed by atoms with Gasteiger partial charge in [-0.3, -0.25) is 14.2 Å². The number of rotatable bonds is 6. The Morgan fingerprint density at radius 1 is 1.09 bits per heavy atom. The molecule has 1 amide bonds. The van der Waals surface area contributed by atoms with Crippen LogP contribution in [-0.2, 0) is 17.6 Å². The summed E-state index contributed by atoms with van der Waals surface area (Å²) in [6.07, 6.45) is 3.96. The van der Waals surface area contributed by atoms with E-state index in [1.165, 1.54) is 17.3 Å². The zero-order valence-corrected chi connectivity index (χ0v) is 21.0. The van der Waals surface area contributed by atoms with Crippen molar-refractivity contribution in [3.05, 3.63) is 81.8 Å². The quantitative estimate of drug-likeness (QED) is 0.368. The van der Waals surface area contributed by atoms with E-state index in [2.05, 4.69) is 30.3 Å². The van der Waals surface area contributed by atoms with Gasteiger partial charge in [0.15, 0.2) is 5.16 Å². The van der Waals surface area contributed by atoms with Crippen molar-refractivity contribution in [3.63, 3.8) is 0 Å². The van der Waals surface area contributed by atoms with Gasteiger partial charge in [0.1, 0.15) is 0 Å². The summed E-state index contributed by atoms with van der Waals surface area (Å²) in [5.41, 5.74) is 4.16. The fraction of sp³-hybridized carbons (Fsp3) is 0.370. The molecular weight excluding hydrogens is 462 g/mol. The number of amides is 1. The van der Waals surface area contributed by atoms with Crippen LogP contribution in [0, 0.1) is 12.8 Å². The number of aromatic nitrogens is 2. The molecule has 3 aromatic rings. The molecule has 5 nitrogen and oxygen atoms in total. The minimum Gasteiger partial charge on any atom is -0.342 e. The third-order valence-corrected chi connectivity index (χ3v) is 8.65. The summed E-state index contributed by atoms with van der Waals surface area (Å²) in [7, 11) is 0. The molecular formula is C27H29N3O2S2.